The van der Waals surface area contributed by atoms with Crippen LogP contribution in [-0.4, -0.2) is 19.2 Å². The van der Waals surface area contributed by atoms with Gasteiger partial charge in [-0.2, -0.15) is 0 Å². The Balaban J connectivity index is 1.58. The number of hydrogen-bond donors (Lipinski definition) is 1. The van der Waals surface area contributed by atoms with Crippen LogP contribution in [-0.2, 0) is 10.0 Å². The van der Waals surface area contributed by atoms with Gasteiger partial charge in [0, 0.05) is 27.8 Å². The van der Waals surface area contributed by atoms with Crippen LogP contribution < -0.4 is 4.72 Å². The van der Waals surface area contributed by atoms with Gasteiger partial charge >= 0.3 is 0 Å². The molecule has 0 aliphatic rings. The van der Waals surface area contributed by atoms with Gasteiger partial charge in [0.15, 0.2) is 5.78 Å². The van der Waals surface area contributed by atoms with Crippen molar-refractivity contribution >= 4 is 32.8 Å². The highest BCUT2D eigenvalue weighted by atomic mass is 32.2. The van der Waals surface area contributed by atoms with Gasteiger partial charge in [0.1, 0.15) is 5.01 Å². The minimum atomic E-state index is -3.77. The van der Waals surface area contributed by atoms with Gasteiger partial charge in [0.05, 0.1) is 10.6 Å². The molecular formula is C23H18N2O3S2. The minimum absolute atomic E-state index is 0.0953. The summed E-state index contributed by atoms with van der Waals surface area (Å²) in [5.74, 6) is -0.113. The first-order valence-corrected chi connectivity index (χ1v) is 11.5. The van der Waals surface area contributed by atoms with Gasteiger partial charge in [0.2, 0.25) is 0 Å². The van der Waals surface area contributed by atoms with Crippen LogP contribution in [0.3, 0.4) is 0 Å². The summed E-state index contributed by atoms with van der Waals surface area (Å²) in [7, 11) is -3.77. The second-order valence-electron chi connectivity index (χ2n) is 6.67. The minimum Gasteiger partial charge on any atom is -0.295 e. The van der Waals surface area contributed by atoms with E-state index in [1.54, 1.807) is 18.2 Å². The van der Waals surface area contributed by atoms with Crippen LogP contribution in [0, 0.1) is 0 Å². The number of nitrogens with one attached hydrogen (secondary N) is 1. The van der Waals surface area contributed by atoms with Crippen molar-refractivity contribution in [3.63, 3.8) is 0 Å². The molecule has 150 valence electrons. The van der Waals surface area contributed by atoms with E-state index in [2.05, 4.69) is 9.71 Å². The number of anilines is 1. The van der Waals surface area contributed by atoms with E-state index in [9.17, 15) is 13.2 Å². The molecule has 4 aromatic rings. The standard InChI is InChI=1S/C23H18N2O3S2/c1-16(26)17-10-12-21(13-11-17)30(27,28)25-20-9-5-8-19(14-20)22-15-29-23(24-22)18-6-3-2-4-7-18/h2-15,25H,1H3. The van der Waals surface area contributed by atoms with Crippen molar-refractivity contribution in [3.8, 4) is 21.8 Å². The Labute approximate surface area is 179 Å². The SMILES string of the molecule is CC(=O)c1ccc(S(=O)(=O)Nc2cccc(-c3csc(-c4ccccc4)n3)c2)cc1. The maximum Gasteiger partial charge on any atom is 0.261 e. The first-order valence-electron chi connectivity index (χ1n) is 9.17. The van der Waals surface area contributed by atoms with Crippen molar-refractivity contribution in [2.45, 2.75) is 11.8 Å². The number of carbonyl (C=O) groups is 1. The molecule has 1 N–H and O–H groups in total. The van der Waals surface area contributed by atoms with Gasteiger partial charge in [-0.25, -0.2) is 13.4 Å². The van der Waals surface area contributed by atoms with Gasteiger partial charge in [-0.1, -0.05) is 54.6 Å². The zero-order valence-corrected chi connectivity index (χ0v) is 17.7. The van der Waals surface area contributed by atoms with E-state index >= 15 is 0 Å². The molecule has 4 rings (SSSR count). The van der Waals surface area contributed by atoms with Crippen molar-refractivity contribution < 1.29 is 13.2 Å². The maximum atomic E-state index is 12.7. The lowest BCUT2D eigenvalue weighted by Gasteiger charge is -2.09. The van der Waals surface area contributed by atoms with Crippen LogP contribution in [0.15, 0.2) is 89.1 Å². The van der Waals surface area contributed by atoms with E-state index < -0.39 is 10.0 Å². The Kier molecular flexibility index (Phi) is 5.48. The molecule has 1 aromatic heterocycles. The van der Waals surface area contributed by atoms with Crippen molar-refractivity contribution in [3.05, 3.63) is 89.8 Å². The van der Waals surface area contributed by atoms with Gasteiger partial charge in [-0.05, 0) is 31.2 Å². The summed E-state index contributed by atoms with van der Waals surface area (Å²) in [5.41, 5.74) is 3.55. The fraction of sp³-hybridized carbons (Fsp3) is 0.0435. The molecule has 0 amide bonds. The molecule has 0 saturated carbocycles. The number of ketones is 1. The smallest absolute Gasteiger partial charge is 0.261 e. The van der Waals surface area contributed by atoms with E-state index in [0.717, 1.165) is 21.8 Å². The fourth-order valence-corrected chi connectivity index (χ4v) is 4.83. The average Bonchev–Trinajstić information content (AvgIpc) is 3.25. The third-order valence-corrected chi connectivity index (χ3v) is 6.80. The number of rotatable bonds is 6. The highest BCUT2D eigenvalue weighted by Gasteiger charge is 2.15. The van der Waals surface area contributed by atoms with Gasteiger partial charge in [0.25, 0.3) is 10.0 Å². The number of hydrogen-bond acceptors (Lipinski definition) is 5. The van der Waals surface area contributed by atoms with E-state index in [-0.39, 0.29) is 10.7 Å². The number of Topliss-reactive ketones (excluding diaryl/α,β-unsaturated/α-hetero) is 1. The summed E-state index contributed by atoms with van der Waals surface area (Å²) >= 11 is 1.54. The van der Waals surface area contributed by atoms with E-state index in [0.29, 0.717) is 11.3 Å². The van der Waals surface area contributed by atoms with E-state index in [1.807, 2.05) is 41.8 Å². The summed E-state index contributed by atoms with van der Waals surface area (Å²) in [6.45, 7) is 1.44. The second kappa shape index (κ2) is 8.22. The van der Waals surface area contributed by atoms with E-state index in [4.69, 9.17) is 0 Å². The van der Waals surface area contributed by atoms with Crippen LogP contribution in [0.1, 0.15) is 17.3 Å². The molecule has 0 aliphatic carbocycles. The average molecular weight is 435 g/mol. The number of sulfonamides is 1. The van der Waals surface area contributed by atoms with Crippen molar-refractivity contribution in [2.75, 3.05) is 4.72 Å². The van der Waals surface area contributed by atoms with Gasteiger partial charge in [-0.3, -0.25) is 9.52 Å². The Morgan fingerprint density at radius 2 is 1.60 bits per heavy atom. The second-order valence-corrected chi connectivity index (χ2v) is 9.21. The number of nitrogens with zero attached hydrogens (tertiary/aromatic N) is 1. The summed E-state index contributed by atoms with van der Waals surface area (Å²) in [6.07, 6.45) is 0. The lowest BCUT2D eigenvalue weighted by molar-refractivity contribution is 0.101. The number of benzene rings is 3. The normalized spacial score (nSPS) is 11.2. The Bertz CT molecular complexity index is 1300. The molecule has 0 aliphatic heterocycles. The maximum absolute atomic E-state index is 12.7. The molecule has 0 radical (unpaired) electrons. The predicted octanol–water partition coefficient (Wildman–Crippen LogP) is 5.48. The fourth-order valence-electron chi connectivity index (χ4n) is 2.94. The number of aromatic nitrogens is 1. The molecule has 3 aromatic carbocycles. The Morgan fingerprint density at radius 3 is 2.30 bits per heavy atom. The monoisotopic (exact) mass is 434 g/mol. The van der Waals surface area contributed by atoms with Crippen LogP contribution in [0.2, 0.25) is 0 Å². The summed E-state index contributed by atoms with van der Waals surface area (Å²) in [6, 6.07) is 22.9. The van der Waals surface area contributed by atoms with E-state index in [1.165, 1.54) is 42.5 Å². The zero-order chi connectivity index (χ0) is 21.1. The largest absolute Gasteiger partial charge is 0.295 e. The number of thiazole rings is 1. The first kappa shape index (κ1) is 20.0. The quantitative estimate of drug-likeness (QED) is 0.408. The zero-order valence-electron chi connectivity index (χ0n) is 16.1. The lowest BCUT2D eigenvalue weighted by atomic mass is 10.1. The summed E-state index contributed by atoms with van der Waals surface area (Å²) in [5, 5.41) is 2.86. The molecule has 30 heavy (non-hydrogen) atoms. The molecule has 0 atom stereocenters. The van der Waals surface area contributed by atoms with Gasteiger partial charge < -0.3 is 0 Å². The Morgan fingerprint density at radius 1 is 0.900 bits per heavy atom. The molecule has 0 saturated heterocycles. The predicted molar refractivity (Wildman–Crippen MR) is 120 cm³/mol. The molecule has 0 spiro atoms. The first-order chi connectivity index (χ1) is 14.4. The third kappa shape index (κ3) is 4.32. The molecule has 1 heterocycles. The van der Waals surface area contributed by atoms with Crippen LogP contribution in [0.25, 0.3) is 21.8 Å². The molecule has 0 bridgehead atoms. The van der Waals surface area contributed by atoms with Crippen molar-refractivity contribution in [1.82, 2.24) is 4.98 Å². The van der Waals surface area contributed by atoms with Crippen LogP contribution in [0.4, 0.5) is 5.69 Å². The molecule has 5 nitrogen and oxygen atoms in total. The number of carbonyl (C=O) groups excluding carboxylic acids is 1. The van der Waals surface area contributed by atoms with Crippen LogP contribution >= 0.6 is 11.3 Å². The highest BCUT2D eigenvalue weighted by Crippen LogP contribution is 2.30. The lowest BCUT2D eigenvalue weighted by Crippen LogP contribution is -2.13. The van der Waals surface area contributed by atoms with Crippen LogP contribution in [0.5, 0.6) is 0 Å². The van der Waals surface area contributed by atoms with Crippen molar-refractivity contribution in [2.24, 2.45) is 0 Å². The third-order valence-electron chi connectivity index (χ3n) is 4.51. The van der Waals surface area contributed by atoms with Crippen molar-refractivity contribution in [1.29, 1.82) is 0 Å². The highest BCUT2D eigenvalue weighted by molar-refractivity contribution is 7.92. The molecule has 0 fully saturated rings. The Hall–Kier alpha value is -3.29. The molecule has 7 heteroatoms. The molecular weight excluding hydrogens is 416 g/mol. The summed E-state index contributed by atoms with van der Waals surface area (Å²) in [4.78, 5) is 16.2. The van der Waals surface area contributed by atoms with Gasteiger partial charge in [-0.15, -0.1) is 11.3 Å². The summed E-state index contributed by atoms with van der Waals surface area (Å²) < 4.78 is 28.0. The topological polar surface area (TPSA) is 76.1 Å². The molecule has 0 unspecified atom stereocenters.